The summed E-state index contributed by atoms with van der Waals surface area (Å²) in [5, 5.41) is 1.48. The molecular weight excluding hydrogens is 388 g/mol. The molecule has 1 aromatic carbocycles. The van der Waals surface area contributed by atoms with Gasteiger partial charge in [-0.2, -0.15) is 0 Å². The van der Waals surface area contributed by atoms with Crippen LogP contribution in [0.2, 0.25) is 0 Å². The van der Waals surface area contributed by atoms with Gasteiger partial charge < -0.3 is 8.82 Å². The van der Waals surface area contributed by atoms with Crippen molar-refractivity contribution in [1.29, 1.82) is 0 Å². The Kier molecular flexibility index (Phi) is 4.11. The lowest BCUT2D eigenvalue weighted by atomic mass is 9.97. The second-order valence-corrected chi connectivity index (χ2v) is 8.73. The molecule has 3 aromatic heterocycles. The lowest BCUT2D eigenvalue weighted by Gasteiger charge is -2.26. The van der Waals surface area contributed by atoms with E-state index in [0.717, 1.165) is 53.5 Å². The molecule has 0 unspecified atom stereocenters. The highest BCUT2D eigenvalue weighted by molar-refractivity contribution is 5.87. The third-order valence-corrected chi connectivity index (χ3v) is 6.42. The average Bonchev–Trinajstić information content (AvgIpc) is 3.52. The van der Waals surface area contributed by atoms with E-state index in [1.165, 1.54) is 18.4 Å². The molecule has 1 fully saturated rings. The molecule has 6 nitrogen and oxygen atoms in total. The van der Waals surface area contributed by atoms with Crippen molar-refractivity contribution in [2.75, 3.05) is 13.1 Å². The molecule has 1 saturated carbocycles. The number of benzene rings is 1. The summed E-state index contributed by atoms with van der Waals surface area (Å²) in [5.74, 6) is 0.475. The van der Waals surface area contributed by atoms with Crippen molar-refractivity contribution in [1.82, 2.24) is 19.3 Å². The van der Waals surface area contributed by atoms with E-state index >= 15 is 0 Å². The first-order chi connectivity index (χ1) is 15.0. The molecule has 4 aromatic rings. The molecule has 0 saturated heterocycles. The Morgan fingerprint density at radius 2 is 1.97 bits per heavy atom. The molecule has 6 rings (SSSR count). The summed E-state index contributed by atoms with van der Waals surface area (Å²) in [6.45, 7) is 5.99. The second kappa shape index (κ2) is 6.89. The van der Waals surface area contributed by atoms with Gasteiger partial charge in [-0.1, -0.05) is 18.2 Å². The molecule has 1 aliphatic heterocycles. The molecule has 0 atom stereocenters. The molecule has 2 aliphatic rings. The fourth-order valence-corrected chi connectivity index (χ4v) is 4.65. The van der Waals surface area contributed by atoms with Gasteiger partial charge in [0.2, 0.25) is 0 Å². The Bertz CT molecular complexity index is 1430. The number of rotatable bonds is 3. The minimum Gasteiger partial charge on any atom is -0.421 e. The van der Waals surface area contributed by atoms with Crippen LogP contribution in [0, 0.1) is 13.8 Å². The Hall–Kier alpha value is -3.25. The lowest BCUT2D eigenvalue weighted by molar-refractivity contribution is 0.291. The van der Waals surface area contributed by atoms with Crippen LogP contribution in [0.5, 0.6) is 0 Å². The fraction of sp³-hybridized carbons (Fsp3) is 0.320. The van der Waals surface area contributed by atoms with Crippen LogP contribution in [0.25, 0.3) is 33.4 Å². The summed E-state index contributed by atoms with van der Waals surface area (Å²) in [4.78, 5) is 24.5. The first-order valence-electron chi connectivity index (χ1n) is 10.9. The molecule has 6 heteroatoms. The predicted molar refractivity (Wildman–Crippen MR) is 121 cm³/mol. The SMILES string of the molecule is Cc1cn2cc(-c3cc4ccc(C5=CCN(C6CC6)CC5)cc4c(=O)o3)nc2c(C)n1. The molecule has 1 aliphatic carbocycles. The van der Waals surface area contributed by atoms with Gasteiger partial charge >= 0.3 is 5.63 Å². The summed E-state index contributed by atoms with van der Waals surface area (Å²) in [7, 11) is 0. The van der Waals surface area contributed by atoms with E-state index in [2.05, 4.69) is 27.0 Å². The van der Waals surface area contributed by atoms with Crippen LogP contribution in [-0.4, -0.2) is 38.4 Å². The third-order valence-electron chi connectivity index (χ3n) is 6.42. The van der Waals surface area contributed by atoms with Gasteiger partial charge in [-0.15, -0.1) is 0 Å². The van der Waals surface area contributed by atoms with Gasteiger partial charge in [0.05, 0.1) is 16.8 Å². The zero-order chi connectivity index (χ0) is 21.1. The molecular formula is C25H24N4O2. The summed E-state index contributed by atoms with van der Waals surface area (Å²) in [6, 6.07) is 8.81. The Morgan fingerprint density at radius 3 is 2.74 bits per heavy atom. The van der Waals surface area contributed by atoms with Crippen LogP contribution in [0.15, 0.2) is 51.9 Å². The van der Waals surface area contributed by atoms with Gasteiger partial charge in [-0.05, 0) is 61.8 Å². The van der Waals surface area contributed by atoms with Crippen molar-refractivity contribution in [2.45, 2.75) is 39.2 Å². The summed E-state index contributed by atoms with van der Waals surface area (Å²) in [5.41, 5.74) is 5.28. The maximum absolute atomic E-state index is 12.9. The minimum absolute atomic E-state index is 0.326. The first-order valence-corrected chi connectivity index (χ1v) is 10.9. The number of hydrogen-bond donors (Lipinski definition) is 0. The zero-order valence-corrected chi connectivity index (χ0v) is 17.8. The van der Waals surface area contributed by atoms with Gasteiger partial charge in [0.25, 0.3) is 0 Å². The molecule has 0 bridgehead atoms. The van der Waals surface area contributed by atoms with Crippen LogP contribution in [0.3, 0.4) is 0 Å². The van der Waals surface area contributed by atoms with E-state index in [9.17, 15) is 4.79 Å². The minimum atomic E-state index is -0.326. The number of aryl methyl sites for hydroxylation is 2. The highest BCUT2D eigenvalue weighted by Crippen LogP contribution is 2.32. The highest BCUT2D eigenvalue weighted by atomic mass is 16.4. The van der Waals surface area contributed by atoms with Crippen LogP contribution in [0.4, 0.5) is 0 Å². The van der Waals surface area contributed by atoms with E-state index in [1.807, 2.05) is 48.8 Å². The van der Waals surface area contributed by atoms with Gasteiger partial charge in [0.1, 0.15) is 5.69 Å². The maximum atomic E-state index is 12.9. The van der Waals surface area contributed by atoms with Gasteiger partial charge in [-0.25, -0.2) is 9.78 Å². The molecule has 4 heterocycles. The van der Waals surface area contributed by atoms with Crippen molar-refractivity contribution >= 4 is 22.0 Å². The predicted octanol–water partition coefficient (Wildman–Crippen LogP) is 4.37. The van der Waals surface area contributed by atoms with E-state index in [-0.39, 0.29) is 5.63 Å². The van der Waals surface area contributed by atoms with E-state index in [4.69, 9.17) is 4.42 Å². The molecule has 0 N–H and O–H groups in total. The van der Waals surface area contributed by atoms with Crippen molar-refractivity contribution in [3.8, 4) is 11.5 Å². The largest absolute Gasteiger partial charge is 0.421 e. The van der Waals surface area contributed by atoms with Crippen LogP contribution >= 0.6 is 0 Å². The van der Waals surface area contributed by atoms with Crippen LogP contribution < -0.4 is 5.63 Å². The van der Waals surface area contributed by atoms with Gasteiger partial charge in [0, 0.05) is 31.5 Å². The molecule has 0 amide bonds. The Morgan fingerprint density at radius 1 is 1.10 bits per heavy atom. The Labute approximate surface area is 179 Å². The van der Waals surface area contributed by atoms with Crippen LogP contribution in [0.1, 0.15) is 36.2 Å². The average molecular weight is 412 g/mol. The fourth-order valence-electron chi connectivity index (χ4n) is 4.65. The van der Waals surface area contributed by atoms with Gasteiger partial charge in [0.15, 0.2) is 11.4 Å². The van der Waals surface area contributed by atoms with E-state index in [0.29, 0.717) is 16.8 Å². The summed E-state index contributed by atoms with van der Waals surface area (Å²) >= 11 is 0. The Balaban J connectivity index is 1.37. The van der Waals surface area contributed by atoms with E-state index < -0.39 is 0 Å². The standard InChI is InChI=1S/C25H24N4O2/c1-15-13-29-14-22(27-24(29)16(2)26-15)23-12-19-4-3-18(11-21(19)25(30)31-23)17-7-9-28(10-8-17)20-5-6-20/h3-4,7,11-14,20H,5-6,8-10H2,1-2H3. The number of imidazole rings is 1. The number of aromatic nitrogens is 3. The topological polar surface area (TPSA) is 63.6 Å². The molecule has 0 spiro atoms. The third kappa shape index (κ3) is 3.27. The molecule has 31 heavy (non-hydrogen) atoms. The number of nitrogens with zero attached hydrogens (tertiary/aromatic N) is 4. The van der Waals surface area contributed by atoms with E-state index in [1.54, 1.807) is 0 Å². The second-order valence-electron chi connectivity index (χ2n) is 8.73. The smallest absolute Gasteiger partial charge is 0.344 e. The quantitative estimate of drug-likeness (QED) is 0.500. The summed E-state index contributed by atoms with van der Waals surface area (Å²) < 4.78 is 7.63. The van der Waals surface area contributed by atoms with Crippen molar-refractivity contribution in [3.63, 3.8) is 0 Å². The maximum Gasteiger partial charge on any atom is 0.344 e. The molecule has 156 valence electrons. The zero-order valence-electron chi connectivity index (χ0n) is 17.8. The number of fused-ring (bicyclic) bond motifs is 2. The van der Waals surface area contributed by atoms with Crippen molar-refractivity contribution in [2.24, 2.45) is 0 Å². The first kappa shape index (κ1) is 18.5. The van der Waals surface area contributed by atoms with Gasteiger partial charge in [-0.3, -0.25) is 9.88 Å². The number of hydrogen-bond acceptors (Lipinski definition) is 5. The highest BCUT2D eigenvalue weighted by Gasteiger charge is 2.29. The lowest BCUT2D eigenvalue weighted by Crippen LogP contribution is -2.30. The van der Waals surface area contributed by atoms with Crippen LogP contribution in [-0.2, 0) is 0 Å². The van der Waals surface area contributed by atoms with Crippen molar-refractivity contribution in [3.05, 3.63) is 70.1 Å². The molecule has 0 radical (unpaired) electrons. The monoisotopic (exact) mass is 412 g/mol. The van der Waals surface area contributed by atoms with Crippen molar-refractivity contribution < 1.29 is 4.42 Å². The summed E-state index contributed by atoms with van der Waals surface area (Å²) in [6.07, 6.45) is 9.82. The normalized spacial score (nSPS) is 17.4.